The molecular formula is C11H10N2O. The Bertz CT molecular complexity index is 520. The zero-order valence-electron chi connectivity index (χ0n) is 8.11. The summed E-state index contributed by atoms with van der Waals surface area (Å²) in [6.45, 7) is 0. The fraction of sp³-hybridized carbons (Fsp3) is 0.182. The van der Waals surface area contributed by atoms with Gasteiger partial charge >= 0.3 is 0 Å². The van der Waals surface area contributed by atoms with E-state index in [9.17, 15) is 0 Å². The number of ether oxygens (including phenoxy) is 1. The third-order valence-corrected chi connectivity index (χ3v) is 2.32. The molecule has 0 spiro atoms. The number of nitrogens with zero attached hydrogens (tertiary/aromatic N) is 2. The summed E-state index contributed by atoms with van der Waals surface area (Å²) in [7, 11) is 3.55. The molecule has 1 heterocycles. The molecule has 0 radical (unpaired) electrons. The van der Waals surface area contributed by atoms with Crippen LogP contribution in [0.2, 0.25) is 0 Å². The van der Waals surface area contributed by atoms with E-state index in [-0.39, 0.29) is 0 Å². The van der Waals surface area contributed by atoms with Crippen LogP contribution < -0.4 is 4.74 Å². The monoisotopic (exact) mass is 186 g/mol. The van der Waals surface area contributed by atoms with E-state index in [0.29, 0.717) is 5.56 Å². The van der Waals surface area contributed by atoms with Gasteiger partial charge in [-0.25, -0.2) is 0 Å². The Morgan fingerprint density at radius 1 is 1.43 bits per heavy atom. The summed E-state index contributed by atoms with van der Waals surface area (Å²) >= 11 is 0. The van der Waals surface area contributed by atoms with Crippen LogP contribution in [-0.2, 0) is 7.05 Å². The van der Waals surface area contributed by atoms with Gasteiger partial charge in [0.1, 0.15) is 11.8 Å². The van der Waals surface area contributed by atoms with Gasteiger partial charge < -0.3 is 9.30 Å². The number of aromatic nitrogens is 1. The summed E-state index contributed by atoms with van der Waals surface area (Å²) in [5.74, 6) is 0.809. The molecule has 0 aliphatic rings. The average molecular weight is 186 g/mol. The molecular weight excluding hydrogens is 176 g/mol. The van der Waals surface area contributed by atoms with Crippen molar-refractivity contribution in [3.8, 4) is 11.8 Å². The van der Waals surface area contributed by atoms with Crippen molar-refractivity contribution in [2.24, 2.45) is 7.05 Å². The summed E-state index contributed by atoms with van der Waals surface area (Å²) in [5, 5.41) is 9.85. The molecule has 1 aromatic heterocycles. The van der Waals surface area contributed by atoms with Gasteiger partial charge in [-0.2, -0.15) is 5.26 Å². The topological polar surface area (TPSA) is 37.9 Å². The van der Waals surface area contributed by atoms with E-state index >= 15 is 0 Å². The Balaban J connectivity index is 2.78. The van der Waals surface area contributed by atoms with E-state index in [1.807, 2.05) is 36.0 Å². The molecule has 1 aromatic carbocycles. The van der Waals surface area contributed by atoms with Crippen molar-refractivity contribution in [3.05, 3.63) is 30.0 Å². The standard InChI is InChI=1S/C11H10N2O/c1-13-7-8(6-12)10-4-3-9(14-2)5-11(10)13/h3-5,7H,1-2H3. The molecule has 0 saturated heterocycles. The minimum Gasteiger partial charge on any atom is -0.497 e. The van der Waals surface area contributed by atoms with E-state index in [2.05, 4.69) is 6.07 Å². The second-order valence-electron chi connectivity index (χ2n) is 3.15. The van der Waals surface area contributed by atoms with Crippen molar-refractivity contribution < 1.29 is 4.74 Å². The van der Waals surface area contributed by atoms with Crippen LogP contribution in [0, 0.1) is 11.3 Å². The number of nitriles is 1. The number of fused-ring (bicyclic) bond motifs is 1. The Morgan fingerprint density at radius 3 is 2.86 bits per heavy atom. The molecule has 0 amide bonds. The van der Waals surface area contributed by atoms with Gasteiger partial charge in [0.15, 0.2) is 0 Å². The molecule has 0 unspecified atom stereocenters. The largest absolute Gasteiger partial charge is 0.497 e. The van der Waals surface area contributed by atoms with Crippen molar-refractivity contribution in [2.75, 3.05) is 7.11 Å². The summed E-state index contributed by atoms with van der Waals surface area (Å²) in [4.78, 5) is 0. The lowest BCUT2D eigenvalue weighted by atomic mass is 10.2. The first-order valence-corrected chi connectivity index (χ1v) is 4.29. The maximum Gasteiger partial charge on any atom is 0.120 e. The molecule has 0 saturated carbocycles. The first-order valence-electron chi connectivity index (χ1n) is 4.29. The minimum atomic E-state index is 0.699. The van der Waals surface area contributed by atoms with Crippen LogP contribution in [0.5, 0.6) is 5.75 Å². The molecule has 0 fully saturated rings. The van der Waals surface area contributed by atoms with Crippen LogP contribution >= 0.6 is 0 Å². The molecule has 0 aliphatic heterocycles. The fourth-order valence-electron chi connectivity index (χ4n) is 1.58. The number of hydrogen-bond acceptors (Lipinski definition) is 2. The van der Waals surface area contributed by atoms with Crippen LogP contribution in [-0.4, -0.2) is 11.7 Å². The van der Waals surface area contributed by atoms with Crippen molar-refractivity contribution in [1.82, 2.24) is 4.57 Å². The molecule has 0 bridgehead atoms. The number of hydrogen-bond donors (Lipinski definition) is 0. The molecule has 0 atom stereocenters. The number of benzene rings is 1. The maximum absolute atomic E-state index is 8.88. The first kappa shape index (κ1) is 8.64. The molecule has 0 aliphatic carbocycles. The quantitative estimate of drug-likeness (QED) is 0.683. The lowest BCUT2D eigenvalue weighted by Gasteiger charge is -2.00. The van der Waals surface area contributed by atoms with Crippen molar-refractivity contribution >= 4 is 10.9 Å². The van der Waals surface area contributed by atoms with Gasteiger partial charge in [-0.05, 0) is 12.1 Å². The Labute approximate surface area is 82.1 Å². The molecule has 3 nitrogen and oxygen atoms in total. The van der Waals surface area contributed by atoms with Gasteiger partial charge in [-0.3, -0.25) is 0 Å². The smallest absolute Gasteiger partial charge is 0.120 e. The van der Waals surface area contributed by atoms with Gasteiger partial charge in [0.05, 0.1) is 18.2 Å². The zero-order valence-corrected chi connectivity index (χ0v) is 8.11. The number of aryl methyl sites for hydroxylation is 1. The van der Waals surface area contributed by atoms with Gasteiger partial charge in [0.2, 0.25) is 0 Å². The second kappa shape index (κ2) is 3.08. The summed E-state index contributed by atoms with van der Waals surface area (Å²) in [6.07, 6.45) is 1.82. The maximum atomic E-state index is 8.88. The molecule has 70 valence electrons. The summed E-state index contributed by atoms with van der Waals surface area (Å²) < 4.78 is 7.05. The number of rotatable bonds is 1. The molecule has 2 aromatic rings. The highest BCUT2D eigenvalue weighted by atomic mass is 16.5. The van der Waals surface area contributed by atoms with Gasteiger partial charge in [0, 0.05) is 24.7 Å². The minimum absolute atomic E-state index is 0.699. The first-order chi connectivity index (χ1) is 6.76. The van der Waals surface area contributed by atoms with Gasteiger partial charge in [-0.15, -0.1) is 0 Å². The Kier molecular flexibility index (Phi) is 1.90. The predicted molar refractivity (Wildman–Crippen MR) is 54.2 cm³/mol. The van der Waals surface area contributed by atoms with Crippen LogP contribution in [0.15, 0.2) is 24.4 Å². The van der Waals surface area contributed by atoms with Crippen LogP contribution in [0.4, 0.5) is 0 Å². The summed E-state index contributed by atoms with van der Waals surface area (Å²) in [6, 6.07) is 7.87. The predicted octanol–water partition coefficient (Wildman–Crippen LogP) is 2.06. The van der Waals surface area contributed by atoms with Crippen molar-refractivity contribution in [2.45, 2.75) is 0 Å². The lowest BCUT2D eigenvalue weighted by Crippen LogP contribution is -1.86. The van der Waals surface area contributed by atoms with Crippen LogP contribution in [0.25, 0.3) is 10.9 Å². The Morgan fingerprint density at radius 2 is 2.21 bits per heavy atom. The summed E-state index contributed by atoms with van der Waals surface area (Å²) in [5.41, 5.74) is 1.71. The lowest BCUT2D eigenvalue weighted by molar-refractivity contribution is 0.415. The van der Waals surface area contributed by atoms with Crippen molar-refractivity contribution in [1.29, 1.82) is 5.26 Å². The highest BCUT2D eigenvalue weighted by Gasteiger charge is 2.06. The van der Waals surface area contributed by atoms with Crippen molar-refractivity contribution in [3.63, 3.8) is 0 Å². The average Bonchev–Trinajstić information content (AvgIpc) is 2.55. The third-order valence-electron chi connectivity index (χ3n) is 2.32. The van der Waals surface area contributed by atoms with E-state index < -0.39 is 0 Å². The highest BCUT2D eigenvalue weighted by Crippen LogP contribution is 2.24. The van der Waals surface area contributed by atoms with Gasteiger partial charge in [-0.1, -0.05) is 0 Å². The zero-order chi connectivity index (χ0) is 10.1. The SMILES string of the molecule is COc1ccc2c(C#N)cn(C)c2c1. The van der Waals surface area contributed by atoms with E-state index in [1.54, 1.807) is 7.11 Å². The second-order valence-corrected chi connectivity index (χ2v) is 3.15. The van der Waals surface area contributed by atoms with Crippen LogP contribution in [0.3, 0.4) is 0 Å². The number of methoxy groups -OCH3 is 1. The Hall–Kier alpha value is -1.95. The van der Waals surface area contributed by atoms with Crippen LogP contribution in [0.1, 0.15) is 5.56 Å². The normalized spacial score (nSPS) is 10.1. The fourth-order valence-corrected chi connectivity index (χ4v) is 1.58. The third kappa shape index (κ3) is 1.12. The highest BCUT2D eigenvalue weighted by molar-refractivity contribution is 5.87. The molecule has 0 N–H and O–H groups in total. The van der Waals surface area contributed by atoms with E-state index in [0.717, 1.165) is 16.7 Å². The molecule has 3 heteroatoms. The van der Waals surface area contributed by atoms with E-state index in [1.165, 1.54) is 0 Å². The van der Waals surface area contributed by atoms with Gasteiger partial charge in [0.25, 0.3) is 0 Å². The molecule has 14 heavy (non-hydrogen) atoms. The van der Waals surface area contributed by atoms with E-state index in [4.69, 9.17) is 10.00 Å². The molecule has 2 rings (SSSR count).